The third-order valence-corrected chi connectivity index (χ3v) is 6.14. The summed E-state index contributed by atoms with van der Waals surface area (Å²) in [6.45, 7) is 1.47. The van der Waals surface area contributed by atoms with Crippen molar-refractivity contribution in [3.8, 4) is 0 Å². The first-order valence-corrected chi connectivity index (χ1v) is 10.2. The third-order valence-electron chi connectivity index (χ3n) is 4.10. The Balaban J connectivity index is 1.77. The van der Waals surface area contributed by atoms with Crippen molar-refractivity contribution in [2.24, 2.45) is 0 Å². The molecule has 0 atom stereocenters. The lowest BCUT2D eigenvalue weighted by Crippen LogP contribution is -2.12. The predicted molar refractivity (Wildman–Crippen MR) is 108 cm³/mol. The average molecular weight is 414 g/mol. The van der Waals surface area contributed by atoms with Crippen molar-refractivity contribution in [1.29, 1.82) is 0 Å². The summed E-state index contributed by atoms with van der Waals surface area (Å²) in [5.74, 6) is -0.443. The molecule has 1 N–H and O–H groups in total. The highest BCUT2D eigenvalue weighted by atomic mass is 35.5. The number of carbonyl (C=O) groups is 2. The molecule has 0 heterocycles. The van der Waals surface area contributed by atoms with Crippen LogP contribution in [0, 0.1) is 0 Å². The van der Waals surface area contributed by atoms with Crippen molar-refractivity contribution in [1.82, 2.24) is 0 Å². The van der Waals surface area contributed by atoms with Gasteiger partial charge in [-0.2, -0.15) is 0 Å². The molecule has 5 nitrogen and oxygen atoms in total. The summed E-state index contributed by atoms with van der Waals surface area (Å²) < 4.78 is 25.3. The Kier molecular flexibility index (Phi) is 5.63. The quantitative estimate of drug-likeness (QED) is 0.618. The molecule has 3 aromatic carbocycles. The number of rotatable bonds is 5. The number of hydrogen-bond acceptors (Lipinski definition) is 4. The summed E-state index contributed by atoms with van der Waals surface area (Å²) in [6, 6.07) is 18.1. The van der Waals surface area contributed by atoms with E-state index in [1.165, 1.54) is 55.5 Å². The highest BCUT2D eigenvalue weighted by molar-refractivity contribution is 7.91. The first-order chi connectivity index (χ1) is 13.3. The fraction of sp³-hybridized carbons (Fsp3) is 0.0476. The van der Waals surface area contributed by atoms with Crippen LogP contribution in [0.25, 0.3) is 0 Å². The van der Waals surface area contributed by atoms with Gasteiger partial charge < -0.3 is 5.32 Å². The van der Waals surface area contributed by atoms with Crippen LogP contribution in [0.2, 0.25) is 5.02 Å². The molecule has 7 heteroatoms. The van der Waals surface area contributed by atoms with E-state index < -0.39 is 9.84 Å². The largest absolute Gasteiger partial charge is 0.322 e. The van der Waals surface area contributed by atoms with Gasteiger partial charge in [0.2, 0.25) is 9.84 Å². The molecule has 0 unspecified atom stereocenters. The van der Waals surface area contributed by atoms with Crippen LogP contribution in [0.5, 0.6) is 0 Å². The number of sulfone groups is 1. The van der Waals surface area contributed by atoms with E-state index in [0.717, 1.165) is 0 Å². The van der Waals surface area contributed by atoms with Gasteiger partial charge in [0.05, 0.1) is 9.79 Å². The van der Waals surface area contributed by atoms with Gasteiger partial charge in [-0.1, -0.05) is 11.6 Å². The number of hydrogen-bond donors (Lipinski definition) is 1. The zero-order chi connectivity index (χ0) is 20.3. The predicted octanol–water partition coefficient (Wildman–Crippen LogP) is 4.63. The van der Waals surface area contributed by atoms with Crippen molar-refractivity contribution in [2.75, 3.05) is 5.32 Å². The van der Waals surface area contributed by atoms with Crippen LogP contribution in [-0.4, -0.2) is 20.1 Å². The number of ketones is 1. The van der Waals surface area contributed by atoms with Crippen molar-refractivity contribution < 1.29 is 18.0 Å². The molecule has 28 heavy (non-hydrogen) atoms. The van der Waals surface area contributed by atoms with Gasteiger partial charge in [0.25, 0.3) is 5.91 Å². The molecule has 0 aliphatic carbocycles. The fourth-order valence-corrected chi connectivity index (χ4v) is 3.91. The molecule has 0 aliphatic rings. The van der Waals surface area contributed by atoms with Gasteiger partial charge in [-0.3, -0.25) is 9.59 Å². The van der Waals surface area contributed by atoms with Crippen molar-refractivity contribution in [3.05, 3.63) is 88.9 Å². The van der Waals surface area contributed by atoms with E-state index in [9.17, 15) is 18.0 Å². The topological polar surface area (TPSA) is 80.3 Å². The van der Waals surface area contributed by atoms with Crippen LogP contribution < -0.4 is 5.32 Å². The minimum Gasteiger partial charge on any atom is -0.322 e. The Morgan fingerprint density at radius 1 is 0.750 bits per heavy atom. The maximum absolute atomic E-state index is 12.6. The van der Waals surface area contributed by atoms with Gasteiger partial charge in [0, 0.05) is 21.8 Å². The maximum atomic E-state index is 12.6. The van der Waals surface area contributed by atoms with E-state index in [1.807, 2.05) is 0 Å². The monoisotopic (exact) mass is 413 g/mol. The molecule has 0 fully saturated rings. The number of amides is 1. The molecular formula is C21H16ClNO4S. The van der Waals surface area contributed by atoms with E-state index >= 15 is 0 Å². The van der Waals surface area contributed by atoms with Crippen molar-refractivity contribution >= 4 is 38.8 Å². The summed E-state index contributed by atoms with van der Waals surface area (Å²) in [5.41, 5.74) is 1.40. The standard InChI is InChI=1S/C21H16ClNO4S/c1-14(24)15-2-8-18(9-3-15)23-21(25)16-4-10-19(11-5-16)28(26,27)20-12-6-17(22)7-13-20/h2-13H,1H3,(H,23,25). The molecule has 0 spiro atoms. The van der Waals surface area contributed by atoms with Crippen LogP contribution in [0.3, 0.4) is 0 Å². The van der Waals surface area contributed by atoms with E-state index in [2.05, 4.69) is 5.32 Å². The fourth-order valence-electron chi connectivity index (χ4n) is 2.53. The number of Topliss-reactive ketones (excluding diaryl/α,β-unsaturated/α-hetero) is 1. The molecular weight excluding hydrogens is 398 g/mol. The maximum Gasteiger partial charge on any atom is 0.255 e. The van der Waals surface area contributed by atoms with Crippen LogP contribution in [0.4, 0.5) is 5.69 Å². The molecule has 0 saturated carbocycles. The molecule has 0 bridgehead atoms. The Morgan fingerprint density at radius 2 is 1.21 bits per heavy atom. The first-order valence-electron chi connectivity index (χ1n) is 8.30. The zero-order valence-electron chi connectivity index (χ0n) is 14.8. The first kappa shape index (κ1) is 19.8. The molecule has 3 aromatic rings. The molecule has 1 amide bonds. The highest BCUT2D eigenvalue weighted by Crippen LogP contribution is 2.23. The number of anilines is 1. The van der Waals surface area contributed by atoms with Gasteiger partial charge >= 0.3 is 0 Å². The lowest BCUT2D eigenvalue weighted by molar-refractivity contribution is 0.101. The molecule has 142 valence electrons. The Hall–Kier alpha value is -2.96. The zero-order valence-corrected chi connectivity index (χ0v) is 16.4. The Morgan fingerprint density at radius 3 is 1.71 bits per heavy atom. The third kappa shape index (κ3) is 4.30. The second kappa shape index (κ2) is 7.96. The number of benzene rings is 3. The van der Waals surface area contributed by atoms with Crippen LogP contribution in [-0.2, 0) is 9.84 Å². The van der Waals surface area contributed by atoms with Gasteiger partial charge in [-0.05, 0) is 79.7 Å². The molecule has 0 aromatic heterocycles. The summed E-state index contributed by atoms with van der Waals surface area (Å²) in [7, 11) is -3.69. The summed E-state index contributed by atoms with van der Waals surface area (Å²) in [5, 5.41) is 3.15. The number of nitrogens with one attached hydrogen (secondary N) is 1. The van der Waals surface area contributed by atoms with Gasteiger partial charge in [-0.25, -0.2) is 8.42 Å². The minimum absolute atomic E-state index is 0.0598. The number of carbonyl (C=O) groups excluding carboxylic acids is 2. The smallest absolute Gasteiger partial charge is 0.255 e. The summed E-state index contributed by atoms with van der Waals surface area (Å²) >= 11 is 5.80. The SMILES string of the molecule is CC(=O)c1ccc(NC(=O)c2ccc(S(=O)(=O)c3ccc(Cl)cc3)cc2)cc1. The van der Waals surface area contributed by atoms with Crippen molar-refractivity contribution in [2.45, 2.75) is 16.7 Å². The lowest BCUT2D eigenvalue weighted by Gasteiger charge is -2.08. The second-order valence-electron chi connectivity index (χ2n) is 6.07. The Bertz CT molecular complexity index is 1120. The summed E-state index contributed by atoms with van der Waals surface area (Å²) in [6.07, 6.45) is 0. The van der Waals surface area contributed by atoms with E-state index in [0.29, 0.717) is 21.8 Å². The summed E-state index contributed by atoms with van der Waals surface area (Å²) in [4.78, 5) is 23.9. The molecule has 0 aliphatic heterocycles. The van der Waals surface area contributed by atoms with Crippen LogP contribution in [0.15, 0.2) is 82.6 Å². The lowest BCUT2D eigenvalue weighted by atomic mass is 10.1. The Labute approximate surface area is 167 Å². The van der Waals surface area contributed by atoms with Gasteiger partial charge in [0.15, 0.2) is 5.78 Å². The van der Waals surface area contributed by atoms with Gasteiger partial charge in [0.1, 0.15) is 0 Å². The molecule has 0 saturated heterocycles. The second-order valence-corrected chi connectivity index (χ2v) is 8.46. The van der Waals surface area contributed by atoms with Crippen LogP contribution in [0.1, 0.15) is 27.6 Å². The molecule has 0 radical (unpaired) electrons. The average Bonchev–Trinajstić information content (AvgIpc) is 2.69. The van der Waals surface area contributed by atoms with Gasteiger partial charge in [-0.15, -0.1) is 0 Å². The van der Waals surface area contributed by atoms with E-state index in [4.69, 9.17) is 11.6 Å². The molecule has 3 rings (SSSR count). The number of halogens is 1. The van der Waals surface area contributed by atoms with E-state index in [-0.39, 0.29) is 21.5 Å². The normalized spacial score (nSPS) is 11.1. The highest BCUT2D eigenvalue weighted by Gasteiger charge is 2.18. The van der Waals surface area contributed by atoms with Crippen LogP contribution >= 0.6 is 11.6 Å². The van der Waals surface area contributed by atoms with Crippen molar-refractivity contribution in [3.63, 3.8) is 0 Å². The van der Waals surface area contributed by atoms with E-state index in [1.54, 1.807) is 24.3 Å². The minimum atomic E-state index is -3.69.